The van der Waals surface area contributed by atoms with Crippen LogP contribution in [0.5, 0.6) is 0 Å². The Hall–Kier alpha value is -3.64. The summed E-state index contributed by atoms with van der Waals surface area (Å²) in [4.78, 5) is 51.0. The van der Waals surface area contributed by atoms with Gasteiger partial charge in [0.2, 0.25) is 0 Å². The van der Waals surface area contributed by atoms with Crippen molar-refractivity contribution in [3.05, 3.63) is 70.4 Å². The number of fused-ring (bicyclic) bond motifs is 2. The molecule has 1 saturated heterocycles. The van der Waals surface area contributed by atoms with Crippen molar-refractivity contribution in [2.24, 2.45) is 10.9 Å². The Balaban J connectivity index is 0.00000405. The zero-order valence-corrected chi connectivity index (χ0v) is 25.2. The second-order valence-corrected chi connectivity index (χ2v) is 11.9. The van der Waals surface area contributed by atoms with Crippen molar-refractivity contribution in [1.29, 1.82) is 0 Å². The summed E-state index contributed by atoms with van der Waals surface area (Å²) in [6.07, 6.45) is 9.02. The largest absolute Gasteiger partial charge is 0.477 e. The number of aromatic nitrogens is 1. The number of β-lactam (4-membered cyclic amide) rings is 1. The first-order chi connectivity index (χ1) is 19.8. The van der Waals surface area contributed by atoms with Gasteiger partial charge in [-0.15, -0.1) is 47.3 Å². The van der Waals surface area contributed by atoms with Crippen molar-refractivity contribution < 1.29 is 24.3 Å². The Kier molecular flexibility index (Phi) is 10.1. The van der Waals surface area contributed by atoms with Crippen molar-refractivity contribution in [2.45, 2.75) is 11.4 Å². The maximum Gasteiger partial charge on any atom is 0.352 e. The third-order valence-electron chi connectivity index (χ3n) is 6.15. The predicted molar refractivity (Wildman–Crippen MR) is 165 cm³/mol. The molecular weight excluding hydrogens is 626 g/mol. The number of nitrogens with zero attached hydrogens (tertiary/aromatic N) is 5. The molecular formula is C24H28ClN9O5S3. The van der Waals surface area contributed by atoms with Gasteiger partial charge in [0, 0.05) is 42.4 Å². The van der Waals surface area contributed by atoms with Crippen LogP contribution in [0.25, 0.3) is 0 Å². The minimum atomic E-state index is -1.21. The van der Waals surface area contributed by atoms with Gasteiger partial charge in [-0.3, -0.25) is 19.9 Å². The van der Waals surface area contributed by atoms with Crippen LogP contribution in [-0.4, -0.2) is 91.0 Å². The van der Waals surface area contributed by atoms with Gasteiger partial charge in [-0.25, -0.2) is 14.8 Å². The van der Waals surface area contributed by atoms with E-state index < -0.39 is 29.2 Å². The summed E-state index contributed by atoms with van der Waals surface area (Å²) in [7, 11) is 0. The molecule has 224 valence electrons. The molecule has 0 radical (unpaired) electrons. The Morgan fingerprint density at radius 3 is 2.88 bits per heavy atom. The molecule has 0 aromatic carbocycles. The first-order valence-corrected chi connectivity index (χ1v) is 15.2. The summed E-state index contributed by atoms with van der Waals surface area (Å²) in [5.41, 5.74) is 15.1. The second-order valence-electron chi connectivity index (χ2n) is 8.81. The molecule has 1 aromatic rings. The maximum absolute atomic E-state index is 13.2. The van der Waals surface area contributed by atoms with Gasteiger partial charge >= 0.3 is 5.97 Å². The molecule has 0 aliphatic carbocycles. The number of carbonyl (C=O) groups is 3. The number of nitrogens with two attached hydrogens (primary N) is 2. The van der Waals surface area contributed by atoms with Crippen LogP contribution in [0.2, 0.25) is 0 Å². The summed E-state index contributed by atoms with van der Waals surface area (Å²) in [6, 6.07) is -0.953. The van der Waals surface area contributed by atoms with Crippen LogP contribution in [0, 0.1) is 0 Å². The first-order valence-electron chi connectivity index (χ1n) is 12.3. The van der Waals surface area contributed by atoms with Crippen molar-refractivity contribution in [1.82, 2.24) is 30.5 Å². The lowest BCUT2D eigenvalue weighted by atomic mass is 10.0. The van der Waals surface area contributed by atoms with E-state index in [4.69, 9.17) is 16.3 Å². The minimum absolute atomic E-state index is 0. The molecule has 1 fully saturated rings. The number of nitrogens with one attached hydrogen (secondary N) is 2. The number of halogens is 1. The molecule has 5 heterocycles. The SMILES string of the molecule is C=CCO/N=C(\C(=O)N[C@@H]1C(=O)N2C(C(=O)O)=C(CN3C=CN4NC(SCCN)=CC=C34)CS[C@@H]12)c1csc(N)n1.Cl. The molecule has 7 N–H and O–H groups in total. The average Bonchev–Trinajstić information content (AvgIpc) is 3.57. The minimum Gasteiger partial charge on any atom is -0.477 e. The number of carboxylic acid groups (broad SMARTS) is 1. The lowest BCUT2D eigenvalue weighted by molar-refractivity contribution is -0.150. The molecule has 2 atom stereocenters. The van der Waals surface area contributed by atoms with Gasteiger partial charge in [-0.05, 0) is 17.7 Å². The van der Waals surface area contributed by atoms with Crippen molar-refractivity contribution >= 4 is 75.9 Å². The van der Waals surface area contributed by atoms with Gasteiger partial charge in [0.25, 0.3) is 11.8 Å². The summed E-state index contributed by atoms with van der Waals surface area (Å²) in [6.45, 7) is 4.43. The van der Waals surface area contributed by atoms with E-state index in [1.165, 1.54) is 22.7 Å². The number of oxime groups is 1. The Morgan fingerprint density at radius 1 is 1.38 bits per heavy atom. The van der Waals surface area contributed by atoms with Crippen molar-refractivity contribution in [3.63, 3.8) is 0 Å². The number of amides is 2. The van der Waals surface area contributed by atoms with Gasteiger partial charge in [-0.1, -0.05) is 17.8 Å². The number of thiazole rings is 1. The standard InChI is InChI=1S/C24H27N9O5S3.ClH/c1-2-8-38-30-17(14-12-41-24(26)27-14)20(34)28-18-21(35)33-19(23(36)37)13(11-40-22(18)33)10-31-6-7-32-16(31)4-3-15(29-32)39-9-5-25;/h2-4,6-7,12,18,22,29H,1,5,8-11,25H2,(H2,26,27)(H,28,34)(H,36,37);1H/b30-17-;/t18-,22+;/m1./s1. The lowest BCUT2D eigenvalue weighted by Gasteiger charge is -2.49. The maximum atomic E-state index is 13.2. The number of nitrogen functional groups attached to an aromatic ring is 1. The van der Waals surface area contributed by atoms with Gasteiger partial charge in [-0.2, -0.15) is 0 Å². The number of aliphatic carboxylic acids is 1. The smallest absolute Gasteiger partial charge is 0.352 e. The first kappa shape index (κ1) is 31.3. The number of anilines is 1. The van der Waals surface area contributed by atoms with Crippen LogP contribution in [0.3, 0.4) is 0 Å². The quantitative estimate of drug-likeness (QED) is 0.0699. The van der Waals surface area contributed by atoms with Crippen LogP contribution in [0.4, 0.5) is 5.13 Å². The fourth-order valence-electron chi connectivity index (χ4n) is 4.37. The molecule has 4 aliphatic heterocycles. The summed E-state index contributed by atoms with van der Waals surface area (Å²) in [5, 5.41) is 20.6. The molecule has 0 saturated carbocycles. The zero-order valence-electron chi connectivity index (χ0n) is 22.0. The third kappa shape index (κ3) is 6.24. The third-order valence-corrected chi connectivity index (χ3v) is 9.14. The fraction of sp³-hybridized carbons (Fsp3) is 0.292. The van der Waals surface area contributed by atoms with E-state index >= 15 is 0 Å². The highest BCUT2D eigenvalue weighted by atomic mass is 35.5. The van der Waals surface area contributed by atoms with E-state index in [1.54, 1.807) is 17.1 Å². The molecule has 5 rings (SSSR count). The van der Waals surface area contributed by atoms with Gasteiger partial charge in [0.1, 0.15) is 35.2 Å². The normalized spacial score (nSPS) is 20.9. The number of hydrogen-bond donors (Lipinski definition) is 5. The van der Waals surface area contributed by atoms with Crippen LogP contribution in [0.15, 0.2) is 69.9 Å². The monoisotopic (exact) mass is 653 g/mol. The van der Waals surface area contributed by atoms with E-state index in [1.807, 2.05) is 34.5 Å². The van der Waals surface area contributed by atoms with E-state index in [-0.39, 0.29) is 47.8 Å². The summed E-state index contributed by atoms with van der Waals surface area (Å²) < 4.78 is 0. The molecule has 0 bridgehead atoms. The van der Waals surface area contributed by atoms with Gasteiger partial charge < -0.3 is 31.6 Å². The number of rotatable bonds is 12. The molecule has 14 nitrogen and oxygen atoms in total. The number of hydrazine groups is 1. The molecule has 18 heteroatoms. The molecule has 0 unspecified atom stereocenters. The topological polar surface area (TPSA) is 192 Å². The molecule has 0 spiro atoms. The fourth-order valence-corrected chi connectivity index (χ4v) is 6.92. The Labute approximate surface area is 259 Å². The molecule has 2 amide bonds. The molecule has 4 aliphatic rings. The van der Waals surface area contributed by atoms with Crippen LogP contribution in [0.1, 0.15) is 5.69 Å². The van der Waals surface area contributed by atoms with E-state index in [9.17, 15) is 19.5 Å². The number of carbonyl (C=O) groups excluding carboxylic acids is 2. The van der Waals surface area contributed by atoms with E-state index in [0.717, 1.165) is 27.9 Å². The predicted octanol–water partition coefficient (Wildman–Crippen LogP) is 0.774. The number of allylic oxidation sites excluding steroid dienone is 2. The van der Waals surface area contributed by atoms with Crippen molar-refractivity contribution in [2.75, 3.05) is 36.9 Å². The Bertz CT molecular complexity index is 1430. The summed E-state index contributed by atoms with van der Waals surface area (Å²) >= 11 is 4.10. The lowest BCUT2D eigenvalue weighted by Crippen LogP contribution is -2.71. The number of hydrogen-bond acceptors (Lipinski definition) is 14. The summed E-state index contributed by atoms with van der Waals surface area (Å²) in [5.74, 6) is -0.486. The van der Waals surface area contributed by atoms with E-state index in [0.29, 0.717) is 17.9 Å². The van der Waals surface area contributed by atoms with Crippen molar-refractivity contribution in [3.8, 4) is 0 Å². The highest BCUT2D eigenvalue weighted by molar-refractivity contribution is 8.03. The average molecular weight is 654 g/mol. The Morgan fingerprint density at radius 2 is 2.19 bits per heavy atom. The van der Waals surface area contributed by atoms with Crippen LogP contribution >= 0.6 is 47.3 Å². The number of thioether (sulfide) groups is 2. The van der Waals surface area contributed by atoms with Gasteiger partial charge in [0.15, 0.2) is 10.8 Å². The number of carboxylic acids is 1. The highest BCUT2D eigenvalue weighted by Gasteiger charge is 2.54. The van der Waals surface area contributed by atoms with E-state index in [2.05, 4.69) is 27.5 Å². The zero-order chi connectivity index (χ0) is 29.1. The highest BCUT2D eigenvalue weighted by Crippen LogP contribution is 2.41. The van der Waals surface area contributed by atoms with Crippen LogP contribution in [-0.2, 0) is 19.2 Å². The molecule has 42 heavy (non-hydrogen) atoms. The van der Waals surface area contributed by atoms with Gasteiger partial charge in [0.05, 0.1) is 5.03 Å². The molecule has 1 aromatic heterocycles. The van der Waals surface area contributed by atoms with Crippen LogP contribution < -0.4 is 22.2 Å². The second kappa shape index (κ2) is 13.6.